The average Bonchev–Trinajstić information content (AvgIpc) is 2.84. The molecule has 35 heavy (non-hydrogen) atoms. The molecule has 1 atom stereocenters. The second-order valence-electron chi connectivity index (χ2n) is 7.34. The minimum absolute atomic E-state index is 0.133. The highest BCUT2D eigenvalue weighted by atomic mass is 35.5. The van der Waals surface area contributed by atoms with Gasteiger partial charge in [-0.2, -0.15) is 5.26 Å². The van der Waals surface area contributed by atoms with Crippen LogP contribution in [0, 0.1) is 11.3 Å². The lowest BCUT2D eigenvalue weighted by atomic mass is 10.1. The molecule has 0 fully saturated rings. The van der Waals surface area contributed by atoms with Crippen LogP contribution in [-0.2, 0) is 11.2 Å². The summed E-state index contributed by atoms with van der Waals surface area (Å²) in [4.78, 5) is 28.6. The standard InChI is InChI=1S/C24H22Cl2N6O3/c25-17-4-1-15(2-5-17)11-19(28)23(33)29-9-10-35-21-7-6-18(26)12-20(21)31-24(34)32-22-8-3-16(13-27)14-30-22/h1-8,12,14,19H,9-11,28H2,(H,29,33)(H2,30,31,32,34). The summed E-state index contributed by atoms with van der Waals surface area (Å²) in [5.74, 6) is 0.313. The van der Waals surface area contributed by atoms with Crippen LogP contribution in [0.3, 0.4) is 0 Å². The average molecular weight is 513 g/mol. The smallest absolute Gasteiger partial charge is 0.324 e. The first-order chi connectivity index (χ1) is 16.8. The SMILES string of the molecule is N#Cc1ccc(NC(=O)Nc2cc(Cl)ccc2OCCNC(=O)C(N)Cc2ccc(Cl)cc2)nc1. The van der Waals surface area contributed by atoms with Gasteiger partial charge in [-0.1, -0.05) is 35.3 Å². The molecule has 0 saturated carbocycles. The van der Waals surface area contributed by atoms with Crippen LogP contribution in [0.1, 0.15) is 11.1 Å². The number of nitrogens with two attached hydrogens (primary N) is 1. The monoisotopic (exact) mass is 512 g/mol. The fraction of sp³-hybridized carbons (Fsp3) is 0.167. The van der Waals surface area contributed by atoms with E-state index in [0.29, 0.717) is 33.5 Å². The summed E-state index contributed by atoms with van der Waals surface area (Å²) < 4.78 is 5.71. The van der Waals surface area contributed by atoms with Crippen molar-refractivity contribution >= 4 is 46.6 Å². The molecule has 1 aromatic heterocycles. The minimum atomic E-state index is -0.719. The van der Waals surface area contributed by atoms with Crippen LogP contribution in [0.25, 0.3) is 0 Å². The van der Waals surface area contributed by atoms with Gasteiger partial charge in [0.15, 0.2) is 0 Å². The Morgan fingerprint density at radius 2 is 1.80 bits per heavy atom. The van der Waals surface area contributed by atoms with Crippen LogP contribution in [0.5, 0.6) is 5.75 Å². The van der Waals surface area contributed by atoms with Gasteiger partial charge >= 0.3 is 6.03 Å². The summed E-state index contributed by atoms with van der Waals surface area (Å²) in [7, 11) is 0. The molecule has 9 nitrogen and oxygen atoms in total. The van der Waals surface area contributed by atoms with Crippen molar-refractivity contribution in [1.29, 1.82) is 5.26 Å². The quantitative estimate of drug-likeness (QED) is 0.319. The first-order valence-corrected chi connectivity index (χ1v) is 11.2. The molecular formula is C24H22Cl2N6O3. The lowest BCUT2D eigenvalue weighted by Gasteiger charge is -2.15. The predicted molar refractivity (Wildman–Crippen MR) is 135 cm³/mol. The number of ether oxygens (including phenoxy) is 1. The molecule has 2 aromatic carbocycles. The van der Waals surface area contributed by atoms with Crippen molar-refractivity contribution in [2.24, 2.45) is 5.73 Å². The van der Waals surface area contributed by atoms with E-state index in [1.165, 1.54) is 24.4 Å². The first-order valence-electron chi connectivity index (χ1n) is 10.5. The van der Waals surface area contributed by atoms with Crippen LogP contribution >= 0.6 is 23.2 Å². The molecule has 0 spiro atoms. The molecule has 5 N–H and O–H groups in total. The van der Waals surface area contributed by atoms with E-state index in [0.717, 1.165) is 5.56 Å². The molecule has 3 aromatic rings. The first kappa shape index (κ1) is 25.8. The highest BCUT2D eigenvalue weighted by Gasteiger charge is 2.14. The number of nitrogens with one attached hydrogen (secondary N) is 3. The molecule has 0 aliphatic carbocycles. The van der Waals surface area contributed by atoms with Gasteiger partial charge in [0.1, 0.15) is 24.2 Å². The van der Waals surface area contributed by atoms with E-state index in [1.807, 2.05) is 18.2 Å². The summed E-state index contributed by atoms with van der Waals surface area (Å²) in [6.07, 6.45) is 1.72. The zero-order chi connectivity index (χ0) is 25.2. The molecule has 11 heteroatoms. The molecule has 3 rings (SSSR count). The highest BCUT2D eigenvalue weighted by molar-refractivity contribution is 6.31. The van der Waals surface area contributed by atoms with E-state index < -0.39 is 12.1 Å². The zero-order valence-corrected chi connectivity index (χ0v) is 19.9. The molecule has 3 amide bonds. The molecule has 0 aliphatic heterocycles. The number of anilines is 2. The second-order valence-corrected chi connectivity index (χ2v) is 8.21. The summed E-state index contributed by atoms with van der Waals surface area (Å²) in [6, 6.07) is 15.6. The molecule has 0 saturated heterocycles. The third-order valence-corrected chi connectivity index (χ3v) is 5.18. The summed E-state index contributed by atoms with van der Waals surface area (Å²) >= 11 is 11.9. The Hall–Kier alpha value is -3.84. The van der Waals surface area contributed by atoms with Crippen molar-refractivity contribution in [2.75, 3.05) is 23.8 Å². The number of urea groups is 1. The predicted octanol–water partition coefficient (Wildman–Crippen LogP) is 3.97. The van der Waals surface area contributed by atoms with E-state index in [2.05, 4.69) is 20.9 Å². The van der Waals surface area contributed by atoms with Crippen LogP contribution in [-0.4, -0.2) is 36.1 Å². The normalized spacial score (nSPS) is 11.1. The Labute approximate surface area is 212 Å². The van der Waals surface area contributed by atoms with Crippen LogP contribution in [0.15, 0.2) is 60.8 Å². The van der Waals surface area contributed by atoms with Crippen molar-refractivity contribution in [3.05, 3.63) is 82.0 Å². The third-order valence-electron chi connectivity index (χ3n) is 4.69. The van der Waals surface area contributed by atoms with Gasteiger partial charge in [0, 0.05) is 16.2 Å². The summed E-state index contributed by atoms with van der Waals surface area (Å²) in [6.45, 7) is 0.338. The number of rotatable bonds is 9. The number of nitrogens with zero attached hydrogens (tertiary/aromatic N) is 2. The van der Waals surface area contributed by atoms with Crippen molar-refractivity contribution in [3.8, 4) is 11.8 Å². The fourth-order valence-electron chi connectivity index (χ4n) is 2.96. The Morgan fingerprint density at radius 1 is 1.06 bits per heavy atom. The third kappa shape index (κ3) is 8.15. The maximum Gasteiger partial charge on any atom is 0.324 e. The number of carbonyl (C=O) groups is 2. The van der Waals surface area contributed by atoms with Gasteiger partial charge in [-0.25, -0.2) is 9.78 Å². The van der Waals surface area contributed by atoms with Crippen molar-refractivity contribution < 1.29 is 14.3 Å². The van der Waals surface area contributed by atoms with E-state index in [9.17, 15) is 9.59 Å². The van der Waals surface area contributed by atoms with Gasteiger partial charge in [0.05, 0.1) is 23.8 Å². The van der Waals surface area contributed by atoms with Crippen LogP contribution < -0.4 is 26.4 Å². The molecule has 1 heterocycles. The number of halogens is 2. The Morgan fingerprint density at radius 3 is 2.49 bits per heavy atom. The van der Waals surface area contributed by atoms with Crippen molar-refractivity contribution in [3.63, 3.8) is 0 Å². The van der Waals surface area contributed by atoms with Crippen LogP contribution in [0.2, 0.25) is 10.0 Å². The van der Waals surface area contributed by atoms with Gasteiger partial charge < -0.3 is 21.1 Å². The molecular weight excluding hydrogens is 491 g/mol. The summed E-state index contributed by atoms with van der Waals surface area (Å²) in [5, 5.41) is 17.8. The number of benzene rings is 2. The molecule has 0 radical (unpaired) electrons. The second kappa shape index (κ2) is 12.6. The van der Waals surface area contributed by atoms with Gasteiger partial charge in [-0.05, 0) is 54.4 Å². The van der Waals surface area contributed by atoms with Gasteiger partial charge in [-0.15, -0.1) is 0 Å². The molecule has 0 aliphatic rings. The lowest BCUT2D eigenvalue weighted by molar-refractivity contribution is -0.122. The number of amides is 3. The van der Waals surface area contributed by atoms with Gasteiger partial charge in [-0.3, -0.25) is 10.1 Å². The van der Waals surface area contributed by atoms with Gasteiger partial charge in [0.25, 0.3) is 0 Å². The number of aromatic nitrogens is 1. The minimum Gasteiger partial charge on any atom is -0.490 e. The Kier molecular flexibility index (Phi) is 9.26. The van der Waals surface area contributed by atoms with E-state index in [1.54, 1.807) is 24.3 Å². The van der Waals surface area contributed by atoms with Crippen LogP contribution in [0.4, 0.5) is 16.3 Å². The lowest BCUT2D eigenvalue weighted by Crippen LogP contribution is -2.43. The number of hydrogen-bond acceptors (Lipinski definition) is 6. The number of carbonyl (C=O) groups excluding carboxylic acids is 2. The molecule has 180 valence electrons. The topological polar surface area (TPSA) is 142 Å². The van der Waals surface area contributed by atoms with E-state index in [4.69, 9.17) is 38.9 Å². The Balaban J connectivity index is 1.49. The highest BCUT2D eigenvalue weighted by Crippen LogP contribution is 2.28. The number of nitriles is 1. The van der Waals surface area contributed by atoms with Crippen molar-refractivity contribution in [1.82, 2.24) is 10.3 Å². The zero-order valence-electron chi connectivity index (χ0n) is 18.4. The Bertz CT molecular complexity index is 1210. The number of hydrogen-bond donors (Lipinski definition) is 4. The van der Waals surface area contributed by atoms with E-state index >= 15 is 0 Å². The fourth-order valence-corrected chi connectivity index (χ4v) is 3.26. The molecule has 1 unspecified atom stereocenters. The molecule has 0 bridgehead atoms. The van der Waals surface area contributed by atoms with E-state index in [-0.39, 0.29) is 24.9 Å². The largest absolute Gasteiger partial charge is 0.490 e. The number of pyridine rings is 1. The van der Waals surface area contributed by atoms with Crippen molar-refractivity contribution in [2.45, 2.75) is 12.5 Å². The summed E-state index contributed by atoms with van der Waals surface area (Å²) in [5.41, 5.74) is 7.58. The maximum atomic E-state index is 12.4. The van der Waals surface area contributed by atoms with Gasteiger partial charge in [0.2, 0.25) is 5.91 Å². The maximum absolute atomic E-state index is 12.4.